The molecule has 3 aromatic heterocycles. The highest BCUT2D eigenvalue weighted by Gasteiger charge is 2.32. The van der Waals surface area contributed by atoms with Crippen LogP contribution in [0.3, 0.4) is 0 Å². The largest absolute Gasteiger partial charge is 0.504 e. The lowest BCUT2D eigenvalue weighted by molar-refractivity contribution is -0.137. The van der Waals surface area contributed by atoms with Crippen molar-refractivity contribution in [3.05, 3.63) is 62.5 Å². The number of piperazine rings is 1. The molecule has 1 fully saturated rings. The van der Waals surface area contributed by atoms with Gasteiger partial charge in [0.05, 0.1) is 27.7 Å². The summed E-state index contributed by atoms with van der Waals surface area (Å²) in [6.07, 6.45) is -3.11. The van der Waals surface area contributed by atoms with Gasteiger partial charge in [-0.2, -0.15) is 22.7 Å². The Bertz CT molecular complexity index is 1880. The molecule has 0 spiro atoms. The van der Waals surface area contributed by atoms with Crippen LogP contribution in [0.4, 0.5) is 30.5 Å². The number of nitrogens with zero attached hydrogens (tertiary/aromatic N) is 9. The number of aromatic hydroxyl groups is 1. The molecule has 1 aliphatic rings. The van der Waals surface area contributed by atoms with E-state index in [2.05, 4.69) is 25.4 Å². The van der Waals surface area contributed by atoms with E-state index in [1.807, 2.05) is 0 Å². The van der Waals surface area contributed by atoms with Crippen molar-refractivity contribution in [2.24, 2.45) is 0 Å². The van der Waals surface area contributed by atoms with Gasteiger partial charge in [0, 0.05) is 40.3 Å². The maximum Gasteiger partial charge on any atom is 0.416 e. The summed E-state index contributed by atoms with van der Waals surface area (Å²) in [6.45, 7) is 3.89. The molecule has 1 aromatic carbocycles. The second-order valence-corrected chi connectivity index (χ2v) is 11.1. The molecule has 0 atom stereocenters. The zero-order valence-electron chi connectivity index (χ0n) is 25.3. The van der Waals surface area contributed by atoms with Crippen LogP contribution in [0, 0.1) is 6.92 Å². The molecule has 46 heavy (non-hydrogen) atoms. The Morgan fingerprint density at radius 2 is 1.83 bits per heavy atom. The first-order chi connectivity index (χ1) is 21.7. The summed E-state index contributed by atoms with van der Waals surface area (Å²) >= 11 is 6.06. The summed E-state index contributed by atoms with van der Waals surface area (Å²) in [4.78, 5) is 57.5. The van der Waals surface area contributed by atoms with Gasteiger partial charge in [-0.25, -0.2) is 9.97 Å². The van der Waals surface area contributed by atoms with Crippen LogP contribution in [0.5, 0.6) is 5.75 Å². The third kappa shape index (κ3) is 6.14. The standard InChI is InChI=1S/C28H30ClF3N10O4/c1-5-19-22(39-8-10-40(11-9-39)24(45)21-23(44)15(2)33-14-34-21)25(46)42-27(36-26(37-42)38(3)4)41(19)13-20(43)35-18-7-6-16(12-17(18)29)28(30,31)32/h6-7,12,14,44H,5,8-11,13H2,1-4H3,(H,35,43). The Hall–Kier alpha value is -4.93. The minimum absolute atomic E-state index is 0.0174. The van der Waals surface area contributed by atoms with Crippen LogP contribution >= 0.6 is 11.6 Å². The van der Waals surface area contributed by atoms with E-state index in [9.17, 15) is 32.7 Å². The lowest BCUT2D eigenvalue weighted by atomic mass is 10.2. The highest BCUT2D eigenvalue weighted by molar-refractivity contribution is 6.33. The quantitative estimate of drug-likeness (QED) is 0.302. The summed E-state index contributed by atoms with van der Waals surface area (Å²) < 4.78 is 41.9. The monoisotopic (exact) mass is 662 g/mol. The van der Waals surface area contributed by atoms with E-state index in [1.165, 1.54) is 15.8 Å². The fraction of sp³-hybridized carbons (Fsp3) is 0.393. The molecule has 0 unspecified atom stereocenters. The molecular weight excluding hydrogens is 633 g/mol. The predicted molar refractivity (Wildman–Crippen MR) is 163 cm³/mol. The van der Waals surface area contributed by atoms with Crippen LogP contribution < -0.4 is 20.7 Å². The molecule has 2 amide bonds. The van der Waals surface area contributed by atoms with E-state index in [0.29, 0.717) is 12.1 Å². The summed E-state index contributed by atoms with van der Waals surface area (Å²) in [5, 5.41) is 16.9. The van der Waals surface area contributed by atoms with E-state index in [-0.39, 0.29) is 78.0 Å². The third-order valence-electron chi connectivity index (χ3n) is 7.51. The van der Waals surface area contributed by atoms with Gasteiger partial charge in [-0.1, -0.05) is 18.5 Å². The highest BCUT2D eigenvalue weighted by Crippen LogP contribution is 2.34. The second-order valence-electron chi connectivity index (χ2n) is 10.7. The van der Waals surface area contributed by atoms with Gasteiger partial charge < -0.3 is 29.7 Å². The van der Waals surface area contributed by atoms with Gasteiger partial charge in [-0.15, -0.1) is 5.10 Å². The number of amides is 2. The Kier molecular flexibility index (Phi) is 8.79. The average Bonchev–Trinajstić information content (AvgIpc) is 3.47. The maximum absolute atomic E-state index is 13.9. The van der Waals surface area contributed by atoms with Crippen LogP contribution in [0.2, 0.25) is 5.02 Å². The third-order valence-corrected chi connectivity index (χ3v) is 7.83. The number of carbonyl (C=O) groups is 2. The number of nitrogens with one attached hydrogen (secondary N) is 1. The number of aryl methyl sites for hydroxylation is 1. The van der Waals surface area contributed by atoms with Crippen molar-refractivity contribution in [3.8, 4) is 5.75 Å². The van der Waals surface area contributed by atoms with Gasteiger partial charge in [0.1, 0.15) is 18.6 Å². The van der Waals surface area contributed by atoms with Gasteiger partial charge in [-0.3, -0.25) is 14.4 Å². The van der Waals surface area contributed by atoms with Crippen molar-refractivity contribution in [3.63, 3.8) is 0 Å². The number of fused-ring (bicyclic) bond motifs is 1. The minimum atomic E-state index is -4.60. The summed E-state index contributed by atoms with van der Waals surface area (Å²) in [6, 6.07) is 2.61. The average molecular weight is 663 g/mol. The lowest BCUT2D eigenvalue weighted by Crippen LogP contribution is -2.51. The van der Waals surface area contributed by atoms with Crippen LogP contribution in [0.15, 0.2) is 29.3 Å². The van der Waals surface area contributed by atoms with Crippen molar-refractivity contribution >= 4 is 46.5 Å². The molecule has 1 saturated heterocycles. The highest BCUT2D eigenvalue weighted by atomic mass is 35.5. The van der Waals surface area contributed by atoms with E-state index in [1.54, 1.807) is 37.7 Å². The van der Waals surface area contributed by atoms with Crippen LogP contribution in [-0.4, -0.2) is 91.2 Å². The first kappa shape index (κ1) is 32.5. The lowest BCUT2D eigenvalue weighted by Gasteiger charge is -2.36. The van der Waals surface area contributed by atoms with Gasteiger partial charge in [0.15, 0.2) is 11.4 Å². The van der Waals surface area contributed by atoms with Crippen molar-refractivity contribution in [1.82, 2.24) is 34.0 Å². The predicted octanol–water partition coefficient (Wildman–Crippen LogP) is 2.60. The number of alkyl halides is 3. The molecule has 0 aliphatic carbocycles. The van der Waals surface area contributed by atoms with Crippen molar-refractivity contribution < 1.29 is 27.9 Å². The smallest absolute Gasteiger partial charge is 0.416 e. The summed E-state index contributed by atoms with van der Waals surface area (Å²) in [5.41, 5.74) is -0.563. The van der Waals surface area contributed by atoms with E-state index in [4.69, 9.17) is 11.6 Å². The van der Waals surface area contributed by atoms with E-state index in [0.717, 1.165) is 22.7 Å². The minimum Gasteiger partial charge on any atom is -0.504 e. The normalized spacial score (nSPS) is 13.7. The topological polar surface area (TPSA) is 154 Å². The SMILES string of the molecule is CCc1c(N2CCN(C(=O)c3ncnc(C)c3O)CC2)c(=O)n2nc(N(C)C)nc2n1CC(=O)Nc1ccc(C(F)(F)F)cc1Cl. The number of aromatic nitrogens is 6. The molecule has 0 bridgehead atoms. The molecule has 4 heterocycles. The number of hydrogen-bond donors (Lipinski definition) is 2. The number of halogens is 4. The van der Waals surface area contributed by atoms with Crippen molar-refractivity contribution in [1.29, 1.82) is 0 Å². The van der Waals surface area contributed by atoms with Gasteiger partial charge in [-0.05, 0) is 31.5 Å². The van der Waals surface area contributed by atoms with Crippen molar-refractivity contribution in [2.75, 3.05) is 55.4 Å². The fourth-order valence-corrected chi connectivity index (χ4v) is 5.37. The molecule has 4 aromatic rings. The molecule has 244 valence electrons. The molecule has 0 radical (unpaired) electrons. The number of rotatable bonds is 7. The number of anilines is 3. The van der Waals surface area contributed by atoms with Crippen LogP contribution in [0.1, 0.15) is 34.4 Å². The zero-order chi connectivity index (χ0) is 33.5. The Morgan fingerprint density at radius 3 is 2.43 bits per heavy atom. The number of hydrogen-bond acceptors (Lipinski definition) is 10. The van der Waals surface area contributed by atoms with E-state index < -0.39 is 29.1 Å². The molecule has 5 rings (SSSR count). The fourth-order valence-electron chi connectivity index (χ4n) is 5.14. The van der Waals surface area contributed by atoms with Crippen molar-refractivity contribution in [2.45, 2.75) is 33.0 Å². The summed E-state index contributed by atoms with van der Waals surface area (Å²) in [7, 11) is 3.38. The molecule has 0 saturated carbocycles. The molecule has 2 N–H and O–H groups in total. The molecular formula is C28H30ClF3N10O4. The van der Waals surface area contributed by atoms with Gasteiger partial charge in [0.25, 0.3) is 11.5 Å². The Morgan fingerprint density at radius 1 is 1.13 bits per heavy atom. The zero-order valence-corrected chi connectivity index (χ0v) is 26.0. The molecule has 14 nitrogen and oxygen atoms in total. The molecule has 18 heteroatoms. The van der Waals surface area contributed by atoms with Crippen LogP contribution in [0.25, 0.3) is 5.78 Å². The van der Waals surface area contributed by atoms with Crippen LogP contribution in [-0.2, 0) is 23.9 Å². The first-order valence-electron chi connectivity index (χ1n) is 14.1. The Balaban J connectivity index is 1.47. The number of carbonyl (C=O) groups excluding carboxylic acids is 2. The van der Waals surface area contributed by atoms with Gasteiger partial charge >= 0.3 is 6.18 Å². The van der Waals surface area contributed by atoms with E-state index >= 15 is 0 Å². The second kappa shape index (κ2) is 12.5. The summed E-state index contributed by atoms with van der Waals surface area (Å²) in [5.74, 6) is -1.09. The van der Waals surface area contributed by atoms with Gasteiger partial charge in [0.2, 0.25) is 17.6 Å². The number of benzene rings is 1. The maximum atomic E-state index is 13.9. The molecule has 1 aliphatic heterocycles. The Labute approximate surface area is 265 Å². The first-order valence-corrected chi connectivity index (χ1v) is 14.5.